The molecule has 0 aromatic carbocycles. The molecule has 0 aromatic rings. The van der Waals surface area contributed by atoms with Crippen LogP contribution in [0.25, 0.3) is 0 Å². The van der Waals surface area contributed by atoms with Gasteiger partial charge in [-0.15, -0.1) is 12.4 Å². The van der Waals surface area contributed by atoms with E-state index < -0.39 is 0 Å². The molecule has 2 saturated heterocycles. The number of amides is 3. The minimum absolute atomic E-state index is 0. The average molecular weight is 347 g/mol. The van der Waals surface area contributed by atoms with Crippen molar-refractivity contribution >= 4 is 24.3 Å². The van der Waals surface area contributed by atoms with Crippen molar-refractivity contribution in [3.05, 3.63) is 0 Å². The molecular weight excluding hydrogens is 316 g/mol. The van der Waals surface area contributed by atoms with Crippen LogP contribution in [0.5, 0.6) is 0 Å². The predicted octanol–water partition coefficient (Wildman–Crippen LogP) is 1.29. The Kier molecular flexibility index (Phi) is 8.12. The second-order valence-corrected chi connectivity index (χ2v) is 7.04. The summed E-state index contributed by atoms with van der Waals surface area (Å²) >= 11 is 0. The van der Waals surface area contributed by atoms with Crippen LogP contribution in [-0.4, -0.2) is 61.0 Å². The van der Waals surface area contributed by atoms with E-state index in [1.807, 2.05) is 4.90 Å². The number of likely N-dealkylation sites (tertiary alicyclic amines) is 2. The number of hydrogen-bond donors (Lipinski definition) is 2. The lowest BCUT2D eigenvalue weighted by atomic mass is 9.97. The zero-order chi connectivity index (χ0) is 16.1. The van der Waals surface area contributed by atoms with E-state index >= 15 is 0 Å². The first-order valence-corrected chi connectivity index (χ1v) is 8.53. The molecular formula is C16H31ClN4O2. The lowest BCUT2D eigenvalue weighted by Gasteiger charge is -2.34. The number of urea groups is 1. The molecule has 134 valence electrons. The fourth-order valence-corrected chi connectivity index (χ4v) is 3.25. The van der Waals surface area contributed by atoms with E-state index in [-0.39, 0.29) is 30.3 Å². The first-order chi connectivity index (χ1) is 10.5. The Balaban J connectivity index is 0.00000264. The summed E-state index contributed by atoms with van der Waals surface area (Å²) in [5.41, 5.74) is 5.69. The highest BCUT2D eigenvalue weighted by atomic mass is 35.5. The Morgan fingerprint density at radius 1 is 1.17 bits per heavy atom. The molecule has 3 N–H and O–H groups in total. The number of nitrogens with one attached hydrogen (secondary N) is 1. The maximum Gasteiger partial charge on any atom is 0.317 e. The molecule has 0 aliphatic carbocycles. The van der Waals surface area contributed by atoms with Crippen molar-refractivity contribution in [2.24, 2.45) is 23.5 Å². The third-order valence-corrected chi connectivity index (χ3v) is 4.65. The van der Waals surface area contributed by atoms with Crippen LogP contribution in [0.15, 0.2) is 0 Å². The molecule has 2 atom stereocenters. The summed E-state index contributed by atoms with van der Waals surface area (Å²) in [5, 5.41) is 2.94. The van der Waals surface area contributed by atoms with Crippen LogP contribution in [0.2, 0.25) is 0 Å². The molecule has 2 rings (SSSR count). The van der Waals surface area contributed by atoms with Crippen molar-refractivity contribution in [1.82, 2.24) is 15.1 Å². The van der Waals surface area contributed by atoms with Crippen LogP contribution < -0.4 is 11.1 Å². The first-order valence-electron chi connectivity index (χ1n) is 8.53. The van der Waals surface area contributed by atoms with Gasteiger partial charge in [-0.2, -0.15) is 0 Å². The number of nitrogens with zero attached hydrogens (tertiary/aromatic N) is 2. The van der Waals surface area contributed by atoms with Gasteiger partial charge in [0.1, 0.15) is 0 Å². The molecule has 6 nitrogen and oxygen atoms in total. The quantitative estimate of drug-likeness (QED) is 0.805. The zero-order valence-electron chi connectivity index (χ0n) is 14.3. The minimum atomic E-state index is -0.0462. The lowest BCUT2D eigenvalue weighted by molar-refractivity contribution is -0.135. The van der Waals surface area contributed by atoms with Gasteiger partial charge in [0.05, 0.1) is 5.92 Å². The van der Waals surface area contributed by atoms with E-state index in [0.717, 1.165) is 38.9 Å². The molecule has 0 saturated carbocycles. The van der Waals surface area contributed by atoms with E-state index in [1.165, 1.54) is 0 Å². The smallest absolute Gasteiger partial charge is 0.317 e. The number of carbonyl (C=O) groups excluding carboxylic acids is 2. The standard InChI is InChI=1S/C16H30N4O2.ClH/c1-12(2)9-18-16(22)20-6-3-4-14(11-20)15(21)19-7-5-13(8-17)10-19;/h12-14H,3-11,17H2,1-2H3,(H,18,22);1H. The SMILES string of the molecule is CC(C)CNC(=O)N1CCCC(C(=O)N2CCC(CN)C2)C1.Cl. The van der Waals surface area contributed by atoms with Crippen LogP contribution in [0.3, 0.4) is 0 Å². The highest BCUT2D eigenvalue weighted by molar-refractivity contribution is 5.85. The third kappa shape index (κ3) is 5.53. The lowest BCUT2D eigenvalue weighted by Crippen LogP contribution is -2.49. The Labute approximate surface area is 145 Å². The van der Waals surface area contributed by atoms with Gasteiger partial charge < -0.3 is 20.9 Å². The number of hydrogen-bond acceptors (Lipinski definition) is 3. The molecule has 0 aromatic heterocycles. The summed E-state index contributed by atoms with van der Waals surface area (Å²) in [6, 6.07) is -0.0348. The second kappa shape index (κ2) is 9.33. The zero-order valence-corrected chi connectivity index (χ0v) is 15.1. The normalized spacial score (nSPS) is 24.5. The average Bonchev–Trinajstić information content (AvgIpc) is 3.01. The Morgan fingerprint density at radius 2 is 1.91 bits per heavy atom. The number of rotatable bonds is 4. The molecule has 2 aliphatic rings. The largest absolute Gasteiger partial charge is 0.342 e. The molecule has 2 fully saturated rings. The van der Waals surface area contributed by atoms with Gasteiger partial charge in [0.25, 0.3) is 0 Å². The topological polar surface area (TPSA) is 78.7 Å². The molecule has 0 bridgehead atoms. The predicted molar refractivity (Wildman–Crippen MR) is 93.5 cm³/mol. The van der Waals surface area contributed by atoms with E-state index in [4.69, 9.17) is 5.73 Å². The number of carbonyl (C=O) groups is 2. The Morgan fingerprint density at radius 3 is 2.52 bits per heavy atom. The summed E-state index contributed by atoms with van der Waals surface area (Å²) in [7, 11) is 0. The van der Waals surface area contributed by atoms with E-state index in [2.05, 4.69) is 19.2 Å². The van der Waals surface area contributed by atoms with Gasteiger partial charge in [0, 0.05) is 32.7 Å². The highest BCUT2D eigenvalue weighted by Gasteiger charge is 2.34. The third-order valence-electron chi connectivity index (χ3n) is 4.65. The van der Waals surface area contributed by atoms with Crippen molar-refractivity contribution in [2.75, 3.05) is 39.3 Å². The molecule has 0 spiro atoms. The van der Waals surface area contributed by atoms with Gasteiger partial charge in [-0.1, -0.05) is 13.8 Å². The minimum Gasteiger partial charge on any atom is -0.342 e. The van der Waals surface area contributed by atoms with Crippen molar-refractivity contribution in [1.29, 1.82) is 0 Å². The van der Waals surface area contributed by atoms with Gasteiger partial charge in [-0.05, 0) is 37.6 Å². The molecule has 7 heteroatoms. The molecule has 0 radical (unpaired) electrons. The summed E-state index contributed by atoms with van der Waals surface area (Å²) in [6.07, 6.45) is 2.80. The van der Waals surface area contributed by atoms with Crippen LogP contribution in [0.4, 0.5) is 4.79 Å². The summed E-state index contributed by atoms with van der Waals surface area (Å²) < 4.78 is 0. The van der Waals surface area contributed by atoms with Crippen LogP contribution in [0, 0.1) is 17.8 Å². The van der Waals surface area contributed by atoms with Crippen LogP contribution in [-0.2, 0) is 4.79 Å². The second-order valence-electron chi connectivity index (χ2n) is 7.04. The van der Waals surface area contributed by atoms with E-state index in [0.29, 0.717) is 31.5 Å². The van der Waals surface area contributed by atoms with Gasteiger partial charge in [0.15, 0.2) is 0 Å². The summed E-state index contributed by atoms with van der Waals surface area (Å²) in [4.78, 5) is 28.5. The van der Waals surface area contributed by atoms with Crippen molar-refractivity contribution in [2.45, 2.75) is 33.1 Å². The van der Waals surface area contributed by atoms with E-state index in [9.17, 15) is 9.59 Å². The Hall–Kier alpha value is -1.01. The Bertz CT molecular complexity index is 406. The molecule has 2 heterocycles. The fraction of sp³-hybridized carbons (Fsp3) is 0.875. The first kappa shape index (κ1) is 20.0. The number of piperidine rings is 1. The van der Waals surface area contributed by atoms with E-state index in [1.54, 1.807) is 4.90 Å². The fourth-order valence-electron chi connectivity index (χ4n) is 3.25. The molecule has 3 amide bonds. The van der Waals surface area contributed by atoms with Gasteiger partial charge >= 0.3 is 6.03 Å². The summed E-state index contributed by atoms with van der Waals surface area (Å²) in [6.45, 7) is 8.37. The number of nitrogens with two attached hydrogens (primary N) is 1. The van der Waals surface area contributed by atoms with Crippen molar-refractivity contribution in [3.63, 3.8) is 0 Å². The maximum atomic E-state index is 12.6. The van der Waals surface area contributed by atoms with Crippen LogP contribution >= 0.6 is 12.4 Å². The van der Waals surface area contributed by atoms with Gasteiger partial charge in [-0.25, -0.2) is 4.79 Å². The molecule has 2 aliphatic heterocycles. The van der Waals surface area contributed by atoms with Gasteiger partial charge in [-0.3, -0.25) is 4.79 Å². The van der Waals surface area contributed by atoms with Crippen molar-refractivity contribution < 1.29 is 9.59 Å². The maximum absolute atomic E-state index is 12.6. The number of halogens is 1. The van der Waals surface area contributed by atoms with Crippen LogP contribution in [0.1, 0.15) is 33.1 Å². The van der Waals surface area contributed by atoms with Crippen molar-refractivity contribution in [3.8, 4) is 0 Å². The monoisotopic (exact) mass is 346 g/mol. The molecule has 23 heavy (non-hydrogen) atoms. The van der Waals surface area contributed by atoms with Gasteiger partial charge in [0.2, 0.25) is 5.91 Å². The molecule has 2 unspecified atom stereocenters. The summed E-state index contributed by atoms with van der Waals surface area (Å²) in [5.74, 6) is 1.04. The highest BCUT2D eigenvalue weighted by Crippen LogP contribution is 2.23.